The highest BCUT2D eigenvalue weighted by molar-refractivity contribution is 7.99. The first-order chi connectivity index (χ1) is 8.18. The zero-order valence-corrected chi connectivity index (χ0v) is 10.7. The van der Waals surface area contributed by atoms with Gasteiger partial charge in [-0.3, -0.25) is 0 Å². The first kappa shape index (κ1) is 12.8. The summed E-state index contributed by atoms with van der Waals surface area (Å²) in [7, 11) is 0. The predicted octanol–water partition coefficient (Wildman–Crippen LogP) is 3.51. The van der Waals surface area contributed by atoms with Gasteiger partial charge in [-0.1, -0.05) is 6.07 Å². The van der Waals surface area contributed by atoms with Gasteiger partial charge in [-0.15, -0.1) is 0 Å². The van der Waals surface area contributed by atoms with Gasteiger partial charge in [-0.2, -0.15) is 11.8 Å². The van der Waals surface area contributed by atoms with E-state index in [1.165, 1.54) is 18.2 Å². The molecular formula is C13H17F2NS. The number of thioether (sulfide) groups is 1. The maximum absolute atomic E-state index is 13.6. The lowest BCUT2D eigenvalue weighted by Crippen LogP contribution is -2.35. The van der Waals surface area contributed by atoms with E-state index in [2.05, 4.69) is 5.32 Å². The van der Waals surface area contributed by atoms with Crippen LogP contribution in [0.25, 0.3) is 0 Å². The summed E-state index contributed by atoms with van der Waals surface area (Å²) in [4.78, 5) is 0. The van der Waals surface area contributed by atoms with E-state index in [1.807, 2.05) is 18.7 Å². The third kappa shape index (κ3) is 3.19. The van der Waals surface area contributed by atoms with E-state index >= 15 is 0 Å². The molecule has 0 radical (unpaired) electrons. The largest absolute Gasteiger partial charge is 0.307 e. The van der Waals surface area contributed by atoms with Crippen molar-refractivity contribution in [2.45, 2.75) is 31.8 Å². The molecule has 1 aliphatic rings. The Hall–Kier alpha value is -0.610. The molecule has 1 atom stereocenters. The van der Waals surface area contributed by atoms with E-state index in [0.717, 1.165) is 24.3 Å². The Morgan fingerprint density at radius 3 is 2.41 bits per heavy atom. The molecule has 1 aliphatic heterocycles. The van der Waals surface area contributed by atoms with Crippen LogP contribution in [0.5, 0.6) is 0 Å². The standard InChI is InChI=1S/C13H17F2NS/c1-9(16-10-5-7-17-8-6-10)13-11(14)3-2-4-12(13)15/h2-4,9-10,16H,5-8H2,1H3. The summed E-state index contributed by atoms with van der Waals surface area (Å²) in [5.74, 6) is 1.33. The van der Waals surface area contributed by atoms with Crippen LogP contribution < -0.4 is 5.32 Å². The number of nitrogens with one attached hydrogen (secondary N) is 1. The summed E-state index contributed by atoms with van der Waals surface area (Å²) < 4.78 is 27.1. The Kier molecular flexibility index (Phi) is 4.40. The molecule has 0 spiro atoms. The molecule has 0 aromatic heterocycles. The summed E-state index contributed by atoms with van der Waals surface area (Å²) >= 11 is 1.94. The minimum atomic E-state index is -0.463. The fourth-order valence-corrected chi connectivity index (χ4v) is 3.33. The Balaban J connectivity index is 2.05. The lowest BCUT2D eigenvalue weighted by atomic mass is 10.0. The molecule has 0 amide bonds. The normalized spacial score (nSPS) is 19.2. The van der Waals surface area contributed by atoms with Crippen molar-refractivity contribution in [3.8, 4) is 0 Å². The Morgan fingerprint density at radius 2 is 1.82 bits per heavy atom. The van der Waals surface area contributed by atoms with Crippen LogP contribution in [0.4, 0.5) is 8.78 Å². The molecule has 1 saturated heterocycles. The molecular weight excluding hydrogens is 240 g/mol. The van der Waals surface area contributed by atoms with Crippen molar-refractivity contribution in [1.29, 1.82) is 0 Å². The topological polar surface area (TPSA) is 12.0 Å². The van der Waals surface area contributed by atoms with Gasteiger partial charge in [0.2, 0.25) is 0 Å². The first-order valence-corrected chi connectivity index (χ1v) is 7.11. The highest BCUT2D eigenvalue weighted by Crippen LogP contribution is 2.24. The van der Waals surface area contributed by atoms with Crippen molar-refractivity contribution in [3.05, 3.63) is 35.4 Å². The fraction of sp³-hybridized carbons (Fsp3) is 0.538. The van der Waals surface area contributed by atoms with Crippen LogP contribution in [-0.2, 0) is 0 Å². The highest BCUT2D eigenvalue weighted by Gasteiger charge is 2.20. The van der Waals surface area contributed by atoms with Crippen LogP contribution in [0, 0.1) is 11.6 Å². The molecule has 1 aromatic rings. The molecule has 1 N–H and O–H groups in total. The molecule has 94 valence electrons. The molecule has 17 heavy (non-hydrogen) atoms. The van der Waals surface area contributed by atoms with Crippen molar-refractivity contribution in [2.75, 3.05) is 11.5 Å². The summed E-state index contributed by atoms with van der Waals surface area (Å²) in [5, 5.41) is 3.32. The minimum absolute atomic E-state index is 0.158. The van der Waals surface area contributed by atoms with Crippen LogP contribution in [0.1, 0.15) is 31.4 Å². The van der Waals surface area contributed by atoms with Gasteiger partial charge in [0, 0.05) is 17.6 Å². The summed E-state index contributed by atoms with van der Waals surface area (Å²) in [6.07, 6.45) is 2.15. The predicted molar refractivity (Wildman–Crippen MR) is 68.3 cm³/mol. The number of hydrogen-bond acceptors (Lipinski definition) is 2. The second-order valence-corrected chi connectivity index (χ2v) is 5.64. The number of hydrogen-bond donors (Lipinski definition) is 1. The van der Waals surface area contributed by atoms with Crippen LogP contribution in [0.15, 0.2) is 18.2 Å². The summed E-state index contributed by atoms with van der Waals surface area (Å²) in [6, 6.07) is 4.13. The SMILES string of the molecule is CC(NC1CCSCC1)c1c(F)cccc1F. The van der Waals surface area contributed by atoms with Gasteiger partial charge in [0.05, 0.1) is 0 Å². The number of halogens is 2. The van der Waals surface area contributed by atoms with Crippen molar-refractivity contribution < 1.29 is 8.78 Å². The monoisotopic (exact) mass is 257 g/mol. The van der Waals surface area contributed by atoms with Crippen LogP contribution >= 0.6 is 11.8 Å². The third-order valence-electron chi connectivity index (χ3n) is 3.14. The van der Waals surface area contributed by atoms with Gasteiger partial charge in [0.15, 0.2) is 0 Å². The van der Waals surface area contributed by atoms with E-state index in [0.29, 0.717) is 6.04 Å². The molecule has 4 heteroatoms. The minimum Gasteiger partial charge on any atom is -0.307 e. The smallest absolute Gasteiger partial charge is 0.130 e. The number of rotatable bonds is 3. The van der Waals surface area contributed by atoms with Crippen LogP contribution in [-0.4, -0.2) is 17.5 Å². The van der Waals surface area contributed by atoms with E-state index in [-0.39, 0.29) is 11.6 Å². The Labute approximate surface area is 105 Å². The van der Waals surface area contributed by atoms with Crippen molar-refractivity contribution in [1.82, 2.24) is 5.32 Å². The second kappa shape index (κ2) is 5.83. The number of benzene rings is 1. The molecule has 1 heterocycles. The average Bonchev–Trinajstić information content (AvgIpc) is 2.30. The van der Waals surface area contributed by atoms with Gasteiger partial charge in [0.1, 0.15) is 11.6 Å². The van der Waals surface area contributed by atoms with Crippen LogP contribution in [0.3, 0.4) is 0 Å². The molecule has 0 bridgehead atoms. The van der Waals surface area contributed by atoms with Crippen molar-refractivity contribution in [2.24, 2.45) is 0 Å². The molecule has 2 rings (SSSR count). The molecule has 0 aliphatic carbocycles. The van der Waals surface area contributed by atoms with Gasteiger partial charge >= 0.3 is 0 Å². The molecule has 1 fully saturated rings. The highest BCUT2D eigenvalue weighted by atomic mass is 32.2. The van der Waals surface area contributed by atoms with Crippen molar-refractivity contribution >= 4 is 11.8 Å². The fourth-order valence-electron chi connectivity index (χ4n) is 2.23. The second-order valence-electron chi connectivity index (χ2n) is 4.41. The summed E-state index contributed by atoms with van der Waals surface area (Å²) in [5.41, 5.74) is 0.158. The van der Waals surface area contributed by atoms with E-state index in [1.54, 1.807) is 0 Å². The molecule has 0 saturated carbocycles. The zero-order valence-electron chi connectivity index (χ0n) is 9.88. The zero-order chi connectivity index (χ0) is 12.3. The lowest BCUT2D eigenvalue weighted by Gasteiger charge is -2.27. The first-order valence-electron chi connectivity index (χ1n) is 5.96. The van der Waals surface area contributed by atoms with E-state index in [9.17, 15) is 8.78 Å². The van der Waals surface area contributed by atoms with Gasteiger partial charge in [-0.25, -0.2) is 8.78 Å². The van der Waals surface area contributed by atoms with Crippen LogP contribution in [0.2, 0.25) is 0 Å². The van der Waals surface area contributed by atoms with Gasteiger partial charge < -0.3 is 5.32 Å². The molecule has 1 unspecified atom stereocenters. The lowest BCUT2D eigenvalue weighted by molar-refractivity contribution is 0.408. The maximum atomic E-state index is 13.6. The summed E-state index contributed by atoms with van der Waals surface area (Å²) in [6.45, 7) is 1.82. The average molecular weight is 257 g/mol. The van der Waals surface area contributed by atoms with Gasteiger partial charge in [0.25, 0.3) is 0 Å². The molecule has 1 aromatic carbocycles. The van der Waals surface area contributed by atoms with E-state index in [4.69, 9.17) is 0 Å². The maximum Gasteiger partial charge on any atom is 0.130 e. The Bertz CT molecular complexity index is 357. The van der Waals surface area contributed by atoms with Gasteiger partial charge in [-0.05, 0) is 43.4 Å². The van der Waals surface area contributed by atoms with Crippen molar-refractivity contribution in [3.63, 3.8) is 0 Å². The third-order valence-corrected chi connectivity index (χ3v) is 4.19. The quantitative estimate of drug-likeness (QED) is 0.889. The Morgan fingerprint density at radius 1 is 1.24 bits per heavy atom. The van der Waals surface area contributed by atoms with E-state index < -0.39 is 11.6 Å². The molecule has 1 nitrogen and oxygen atoms in total.